The second-order valence-corrected chi connectivity index (χ2v) is 3.45. The predicted octanol–water partition coefficient (Wildman–Crippen LogP) is -0.605. The predicted molar refractivity (Wildman–Crippen MR) is 55.3 cm³/mol. The molecule has 1 atom stereocenters. The molecule has 86 valence electrons. The van der Waals surface area contributed by atoms with Crippen LogP contribution in [0.3, 0.4) is 0 Å². The highest BCUT2D eigenvalue weighted by molar-refractivity contribution is 4.91. The highest BCUT2D eigenvalue weighted by Gasteiger charge is 2.02. The zero-order valence-electron chi connectivity index (χ0n) is 9.18. The number of hydrogen-bond donors (Lipinski definition) is 2. The maximum atomic E-state index is 9.14. The van der Waals surface area contributed by atoms with Crippen molar-refractivity contribution in [2.24, 2.45) is 0 Å². The number of methoxy groups -OCH3 is 1. The van der Waals surface area contributed by atoms with Crippen LogP contribution >= 0.6 is 0 Å². The molecule has 1 aromatic heterocycles. The van der Waals surface area contributed by atoms with Crippen LogP contribution in [0.4, 0.5) is 0 Å². The molecule has 1 aromatic rings. The Bertz CT molecular complexity index is 275. The first-order valence-electron chi connectivity index (χ1n) is 4.99. The van der Waals surface area contributed by atoms with Gasteiger partial charge >= 0.3 is 0 Å². The first-order chi connectivity index (χ1) is 7.22. The lowest BCUT2D eigenvalue weighted by molar-refractivity contribution is 0.167. The standard InChI is InChI=1S/C9H18N4O2/c1-8(14)6-13-7-9(11-12-13)5-10-3-4-15-2/h7-8,10,14H,3-6H2,1-2H3. The van der Waals surface area contributed by atoms with Gasteiger partial charge in [-0.05, 0) is 6.92 Å². The van der Waals surface area contributed by atoms with Crippen molar-refractivity contribution in [2.75, 3.05) is 20.3 Å². The summed E-state index contributed by atoms with van der Waals surface area (Å²) in [5, 5.41) is 20.2. The molecule has 0 aliphatic heterocycles. The van der Waals surface area contributed by atoms with E-state index >= 15 is 0 Å². The summed E-state index contributed by atoms with van der Waals surface area (Å²) in [7, 11) is 1.67. The SMILES string of the molecule is COCCNCc1cn(CC(C)O)nn1. The van der Waals surface area contributed by atoms with Gasteiger partial charge in [0.25, 0.3) is 0 Å². The van der Waals surface area contributed by atoms with E-state index in [-0.39, 0.29) is 0 Å². The van der Waals surface area contributed by atoms with Gasteiger partial charge in [0.2, 0.25) is 0 Å². The lowest BCUT2D eigenvalue weighted by Gasteiger charge is -2.02. The van der Waals surface area contributed by atoms with Gasteiger partial charge in [0.15, 0.2) is 0 Å². The Labute approximate surface area is 89.2 Å². The number of ether oxygens (including phenoxy) is 1. The highest BCUT2D eigenvalue weighted by atomic mass is 16.5. The number of nitrogens with one attached hydrogen (secondary N) is 1. The maximum absolute atomic E-state index is 9.14. The van der Waals surface area contributed by atoms with Crippen molar-refractivity contribution < 1.29 is 9.84 Å². The molecule has 0 aromatic carbocycles. The normalized spacial score (nSPS) is 13.0. The summed E-state index contributed by atoms with van der Waals surface area (Å²) in [6, 6.07) is 0. The molecule has 0 aliphatic carbocycles. The van der Waals surface area contributed by atoms with Crippen molar-refractivity contribution in [3.05, 3.63) is 11.9 Å². The minimum Gasteiger partial charge on any atom is -0.391 e. The largest absolute Gasteiger partial charge is 0.391 e. The number of aromatic nitrogens is 3. The van der Waals surface area contributed by atoms with Gasteiger partial charge in [0.1, 0.15) is 0 Å². The molecule has 1 heterocycles. The zero-order valence-corrected chi connectivity index (χ0v) is 9.18. The van der Waals surface area contributed by atoms with E-state index in [0.717, 1.165) is 12.2 Å². The molecule has 0 bridgehead atoms. The molecule has 0 spiro atoms. The van der Waals surface area contributed by atoms with E-state index in [4.69, 9.17) is 9.84 Å². The topological polar surface area (TPSA) is 72.2 Å². The Morgan fingerprint density at radius 2 is 2.47 bits per heavy atom. The quantitative estimate of drug-likeness (QED) is 0.593. The molecule has 0 saturated heterocycles. The molecule has 0 radical (unpaired) electrons. The molecule has 1 unspecified atom stereocenters. The van der Waals surface area contributed by atoms with Crippen LogP contribution in [0.5, 0.6) is 0 Å². The van der Waals surface area contributed by atoms with Crippen molar-refractivity contribution >= 4 is 0 Å². The summed E-state index contributed by atoms with van der Waals surface area (Å²) in [4.78, 5) is 0. The van der Waals surface area contributed by atoms with E-state index in [0.29, 0.717) is 19.7 Å². The van der Waals surface area contributed by atoms with Crippen LogP contribution in [0.1, 0.15) is 12.6 Å². The molecule has 15 heavy (non-hydrogen) atoms. The van der Waals surface area contributed by atoms with Crippen molar-refractivity contribution in [1.82, 2.24) is 20.3 Å². The smallest absolute Gasteiger partial charge is 0.0964 e. The number of aliphatic hydroxyl groups excluding tert-OH is 1. The Morgan fingerprint density at radius 3 is 3.13 bits per heavy atom. The molecule has 2 N–H and O–H groups in total. The monoisotopic (exact) mass is 214 g/mol. The highest BCUT2D eigenvalue weighted by Crippen LogP contribution is 1.94. The van der Waals surface area contributed by atoms with E-state index in [2.05, 4.69) is 15.6 Å². The summed E-state index contributed by atoms with van der Waals surface area (Å²) in [5.41, 5.74) is 0.867. The molecule has 1 rings (SSSR count). The third-order valence-corrected chi connectivity index (χ3v) is 1.83. The van der Waals surface area contributed by atoms with Gasteiger partial charge in [0.05, 0.1) is 24.9 Å². The van der Waals surface area contributed by atoms with Crippen LogP contribution in [0.2, 0.25) is 0 Å². The van der Waals surface area contributed by atoms with E-state index < -0.39 is 6.10 Å². The fraction of sp³-hybridized carbons (Fsp3) is 0.778. The van der Waals surface area contributed by atoms with E-state index in [1.165, 1.54) is 0 Å². The van der Waals surface area contributed by atoms with Crippen LogP contribution in [0.25, 0.3) is 0 Å². The number of rotatable bonds is 7. The Balaban J connectivity index is 2.26. The Hall–Kier alpha value is -0.980. The van der Waals surface area contributed by atoms with E-state index in [9.17, 15) is 0 Å². The lowest BCUT2D eigenvalue weighted by Crippen LogP contribution is -2.18. The van der Waals surface area contributed by atoms with Gasteiger partial charge < -0.3 is 15.2 Å². The molecule has 0 fully saturated rings. The fourth-order valence-electron chi connectivity index (χ4n) is 1.17. The summed E-state index contributed by atoms with van der Waals surface area (Å²) in [6.45, 7) is 4.34. The first-order valence-corrected chi connectivity index (χ1v) is 4.99. The molecular weight excluding hydrogens is 196 g/mol. The average molecular weight is 214 g/mol. The second-order valence-electron chi connectivity index (χ2n) is 3.45. The summed E-state index contributed by atoms with van der Waals surface area (Å²) >= 11 is 0. The van der Waals surface area contributed by atoms with Gasteiger partial charge in [0, 0.05) is 26.4 Å². The molecule has 6 heteroatoms. The third-order valence-electron chi connectivity index (χ3n) is 1.83. The summed E-state index contributed by atoms with van der Waals surface area (Å²) in [5.74, 6) is 0. The lowest BCUT2D eigenvalue weighted by atomic mass is 10.4. The third kappa shape index (κ3) is 4.87. The summed E-state index contributed by atoms with van der Waals surface area (Å²) in [6.07, 6.45) is 1.42. The molecule has 0 aliphatic rings. The zero-order chi connectivity index (χ0) is 11.1. The fourth-order valence-corrected chi connectivity index (χ4v) is 1.17. The van der Waals surface area contributed by atoms with Crippen molar-refractivity contribution in [3.8, 4) is 0 Å². The average Bonchev–Trinajstić information content (AvgIpc) is 2.59. The van der Waals surface area contributed by atoms with Crippen molar-refractivity contribution in [2.45, 2.75) is 26.1 Å². The Morgan fingerprint density at radius 1 is 1.67 bits per heavy atom. The van der Waals surface area contributed by atoms with Gasteiger partial charge in [-0.15, -0.1) is 5.10 Å². The number of hydrogen-bond acceptors (Lipinski definition) is 5. The van der Waals surface area contributed by atoms with Crippen LogP contribution in [0, 0.1) is 0 Å². The first kappa shape index (κ1) is 12.1. The minimum absolute atomic E-state index is 0.402. The number of aliphatic hydroxyl groups is 1. The minimum atomic E-state index is -0.402. The van der Waals surface area contributed by atoms with E-state index in [1.54, 1.807) is 18.7 Å². The van der Waals surface area contributed by atoms with Crippen LogP contribution in [-0.2, 0) is 17.8 Å². The van der Waals surface area contributed by atoms with Crippen LogP contribution in [0.15, 0.2) is 6.20 Å². The van der Waals surface area contributed by atoms with Gasteiger partial charge in [-0.2, -0.15) is 0 Å². The van der Waals surface area contributed by atoms with Gasteiger partial charge in [-0.25, -0.2) is 4.68 Å². The summed E-state index contributed by atoms with van der Waals surface area (Å²) < 4.78 is 6.54. The van der Waals surface area contributed by atoms with Crippen molar-refractivity contribution in [1.29, 1.82) is 0 Å². The molecule has 0 saturated carbocycles. The molecular formula is C9H18N4O2. The van der Waals surface area contributed by atoms with Crippen molar-refractivity contribution in [3.63, 3.8) is 0 Å². The number of nitrogens with zero attached hydrogens (tertiary/aromatic N) is 3. The van der Waals surface area contributed by atoms with E-state index in [1.807, 2.05) is 6.20 Å². The Kier molecular flexibility index (Phi) is 5.23. The van der Waals surface area contributed by atoms with Gasteiger partial charge in [-0.3, -0.25) is 0 Å². The molecule has 6 nitrogen and oxygen atoms in total. The van der Waals surface area contributed by atoms with Gasteiger partial charge in [-0.1, -0.05) is 5.21 Å². The maximum Gasteiger partial charge on any atom is 0.0964 e. The second kappa shape index (κ2) is 6.49. The molecule has 0 amide bonds. The van der Waals surface area contributed by atoms with Crippen LogP contribution < -0.4 is 5.32 Å². The van der Waals surface area contributed by atoms with Crippen LogP contribution in [-0.4, -0.2) is 46.5 Å².